The second kappa shape index (κ2) is 5.55. The maximum atomic E-state index is 12.9. The van der Waals surface area contributed by atoms with E-state index in [1.165, 1.54) is 0 Å². The van der Waals surface area contributed by atoms with Gasteiger partial charge in [-0.1, -0.05) is 6.92 Å². The van der Waals surface area contributed by atoms with Crippen molar-refractivity contribution in [2.75, 3.05) is 5.75 Å². The van der Waals surface area contributed by atoms with Crippen LogP contribution in [0.15, 0.2) is 18.2 Å². The molecule has 1 rings (SSSR count). The van der Waals surface area contributed by atoms with Gasteiger partial charge in [0.2, 0.25) is 0 Å². The highest BCUT2D eigenvalue weighted by Gasteiger charge is 2.16. The lowest BCUT2D eigenvalue weighted by atomic mass is 10.2. The fourth-order valence-corrected chi connectivity index (χ4v) is 3.13. The summed E-state index contributed by atoms with van der Waals surface area (Å²) in [5, 5.41) is 0. The molecule has 0 aromatic heterocycles. The van der Waals surface area contributed by atoms with E-state index in [-0.39, 0.29) is 11.3 Å². The zero-order valence-corrected chi connectivity index (χ0v) is 10.3. The van der Waals surface area contributed by atoms with Crippen LogP contribution in [0.25, 0.3) is 0 Å². The summed E-state index contributed by atoms with van der Waals surface area (Å²) in [7, 11) is -3.44. The molecule has 0 aliphatic rings. The Labute approximate surface area is 99.6 Å². The molecule has 0 radical (unpaired) electrons. The van der Waals surface area contributed by atoms with E-state index in [1.807, 2.05) is 0 Å². The van der Waals surface area contributed by atoms with Crippen LogP contribution >= 0.6 is 0 Å². The highest BCUT2D eigenvalue weighted by Crippen LogP contribution is 2.12. The Bertz CT molecular complexity index is 468. The maximum Gasteiger partial charge on any atom is 0.155 e. The van der Waals surface area contributed by atoms with Crippen LogP contribution in [-0.2, 0) is 15.6 Å². The van der Waals surface area contributed by atoms with Gasteiger partial charge < -0.3 is 5.73 Å². The molecule has 0 saturated heterocycles. The van der Waals surface area contributed by atoms with Crippen molar-refractivity contribution in [1.29, 1.82) is 0 Å². The van der Waals surface area contributed by atoms with Gasteiger partial charge in [0.1, 0.15) is 11.6 Å². The summed E-state index contributed by atoms with van der Waals surface area (Å²) in [6.07, 6.45) is 0.538. The Morgan fingerprint density at radius 3 is 2.24 bits per heavy atom. The van der Waals surface area contributed by atoms with E-state index >= 15 is 0 Å². The average molecular weight is 263 g/mol. The van der Waals surface area contributed by atoms with Crippen molar-refractivity contribution >= 4 is 9.84 Å². The van der Waals surface area contributed by atoms with Crippen molar-refractivity contribution in [3.63, 3.8) is 0 Å². The van der Waals surface area contributed by atoms with Crippen LogP contribution in [0, 0.1) is 11.6 Å². The van der Waals surface area contributed by atoms with Gasteiger partial charge in [0, 0.05) is 12.1 Å². The van der Waals surface area contributed by atoms with Gasteiger partial charge in [0.05, 0.1) is 11.5 Å². The van der Waals surface area contributed by atoms with Gasteiger partial charge in [-0.15, -0.1) is 0 Å². The topological polar surface area (TPSA) is 60.2 Å². The summed E-state index contributed by atoms with van der Waals surface area (Å²) in [4.78, 5) is 0. The molecule has 0 aliphatic heterocycles. The lowest BCUT2D eigenvalue weighted by Crippen LogP contribution is -2.29. The van der Waals surface area contributed by atoms with E-state index < -0.39 is 33.3 Å². The highest BCUT2D eigenvalue weighted by atomic mass is 32.2. The third-order valence-corrected chi connectivity index (χ3v) is 4.01. The first-order valence-electron chi connectivity index (χ1n) is 5.23. The van der Waals surface area contributed by atoms with E-state index in [9.17, 15) is 17.2 Å². The Balaban J connectivity index is 2.83. The van der Waals surface area contributed by atoms with Crippen LogP contribution in [0.4, 0.5) is 8.78 Å². The quantitative estimate of drug-likeness (QED) is 0.878. The first-order chi connectivity index (χ1) is 7.82. The van der Waals surface area contributed by atoms with Crippen LogP contribution in [0.5, 0.6) is 0 Å². The minimum atomic E-state index is -3.44. The number of sulfone groups is 1. The first-order valence-corrected chi connectivity index (χ1v) is 7.05. The van der Waals surface area contributed by atoms with E-state index in [1.54, 1.807) is 6.92 Å². The molecule has 0 heterocycles. The Morgan fingerprint density at radius 2 is 1.76 bits per heavy atom. The van der Waals surface area contributed by atoms with Crippen LogP contribution in [0.1, 0.15) is 18.9 Å². The second-order valence-corrected chi connectivity index (χ2v) is 6.11. The molecule has 0 aliphatic carbocycles. The molecule has 3 nitrogen and oxygen atoms in total. The fraction of sp³-hybridized carbons (Fsp3) is 0.455. The Hall–Kier alpha value is -1.01. The molecular weight excluding hydrogens is 248 g/mol. The predicted molar refractivity (Wildman–Crippen MR) is 62.1 cm³/mol. The van der Waals surface area contributed by atoms with Gasteiger partial charge in [0.15, 0.2) is 9.84 Å². The molecule has 17 heavy (non-hydrogen) atoms. The van der Waals surface area contributed by atoms with Crippen LogP contribution in [-0.4, -0.2) is 20.2 Å². The molecular formula is C11H15F2NO2S. The molecule has 0 amide bonds. The van der Waals surface area contributed by atoms with E-state index in [0.717, 1.165) is 12.1 Å². The summed E-state index contributed by atoms with van der Waals surface area (Å²) < 4.78 is 49.1. The number of nitrogens with two attached hydrogens (primary N) is 1. The average Bonchev–Trinajstić information content (AvgIpc) is 2.13. The Kier molecular flexibility index (Phi) is 4.59. The van der Waals surface area contributed by atoms with Crippen molar-refractivity contribution in [1.82, 2.24) is 0 Å². The summed E-state index contributed by atoms with van der Waals surface area (Å²) in [6.45, 7) is 1.78. The second-order valence-electron chi connectivity index (χ2n) is 4.00. The number of benzene rings is 1. The lowest BCUT2D eigenvalue weighted by molar-refractivity contribution is 0.576. The molecule has 1 atom stereocenters. The monoisotopic (exact) mass is 263 g/mol. The largest absolute Gasteiger partial charge is 0.327 e. The fourth-order valence-electron chi connectivity index (χ4n) is 1.45. The van der Waals surface area contributed by atoms with Crippen molar-refractivity contribution in [3.05, 3.63) is 35.4 Å². The van der Waals surface area contributed by atoms with E-state index in [4.69, 9.17) is 5.73 Å². The summed E-state index contributed by atoms with van der Waals surface area (Å²) >= 11 is 0. The standard InChI is InChI=1S/C11H15F2NO2S/c1-2-11(14)7-17(15,16)6-8-3-9(12)5-10(13)4-8/h3-5,11H,2,6-7,14H2,1H3. The molecule has 0 saturated carbocycles. The maximum absolute atomic E-state index is 12.9. The lowest BCUT2D eigenvalue weighted by Gasteiger charge is -2.09. The molecule has 0 spiro atoms. The van der Waals surface area contributed by atoms with Gasteiger partial charge in [-0.3, -0.25) is 0 Å². The van der Waals surface area contributed by atoms with Gasteiger partial charge in [-0.2, -0.15) is 0 Å². The van der Waals surface area contributed by atoms with Crippen LogP contribution in [0.2, 0.25) is 0 Å². The zero-order valence-electron chi connectivity index (χ0n) is 9.49. The van der Waals surface area contributed by atoms with Gasteiger partial charge in [-0.05, 0) is 24.1 Å². The van der Waals surface area contributed by atoms with Crippen LogP contribution in [0.3, 0.4) is 0 Å². The third kappa shape index (κ3) is 4.79. The molecule has 6 heteroatoms. The smallest absolute Gasteiger partial charge is 0.155 e. The third-order valence-electron chi connectivity index (χ3n) is 2.30. The predicted octanol–water partition coefficient (Wildman–Crippen LogP) is 1.62. The summed E-state index contributed by atoms with van der Waals surface area (Å²) in [5.74, 6) is -2.14. The van der Waals surface area contributed by atoms with Gasteiger partial charge in [0.25, 0.3) is 0 Å². The minimum Gasteiger partial charge on any atom is -0.327 e. The summed E-state index contributed by atoms with van der Waals surface area (Å²) in [6, 6.07) is 2.28. The summed E-state index contributed by atoms with van der Waals surface area (Å²) in [5.41, 5.74) is 5.65. The number of hydrogen-bond acceptors (Lipinski definition) is 3. The minimum absolute atomic E-state index is 0.103. The van der Waals surface area contributed by atoms with Crippen molar-refractivity contribution in [2.24, 2.45) is 5.73 Å². The SMILES string of the molecule is CCC(N)CS(=O)(=O)Cc1cc(F)cc(F)c1. The number of halogens is 2. The first kappa shape index (κ1) is 14.1. The molecule has 96 valence electrons. The van der Waals surface area contributed by atoms with Gasteiger partial charge in [-0.25, -0.2) is 17.2 Å². The van der Waals surface area contributed by atoms with Crippen molar-refractivity contribution in [2.45, 2.75) is 25.1 Å². The van der Waals surface area contributed by atoms with Gasteiger partial charge >= 0.3 is 0 Å². The van der Waals surface area contributed by atoms with E-state index in [2.05, 4.69) is 0 Å². The zero-order chi connectivity index (χ0) is 13.1. The van der Waals surface area contributed by atoms with Crippen molar-refractivity contribution < 1.29 is 17.2 Å². The molecule has 2 N–H and O–H groups in total. The molecule has 1 unspecified atom stereocenters. The van der Waals surface area contributed by atoms with E-state index in [0.29, 0.717) is 12.5 Å². The van der Waals surface area contributed by atoms with Crippen molar-refractivity contribution in [3.8, 4) is 0 Å². The van der Waals surface area contributed by atoms with Crippen LogP contribution < -0.4 is 5.73 Å². The number of rotatable bonds is 5. The highest BCUT2D eigenvalue weighted by molar-refractivity contribution is 7.90. The number of hydrogen-bond donors (Lipinski definition) is 1. The molecule has 0 fully saturated rings. The molecule has 0 bridgehead atoms. The molecule has 1 aromatic rings. The molecule has 1 aromatic carbocycles. The Morgan fingerprint density at radius 1 is 1.24 bits per heavy atom. The normalized spacial score (nSPS) is 13.6.